The van der Waals surface area contributed by atoms with Crippen molar-refractivity contribution in [2.75, 3.05) is 32.9 Å². The van der Waals surface area contributed by atoms with Crippen LogP contribution in [0.15, 0.2) is 47.6 Å². The molecule has 1 fully saturated rings. The zero-order valence-electron chi connectivity index (χ0n) is 22.4. The number of piperidine rings is 1. The Bertz CT molecular complexity index is 1130. The maximum Gasteiger partial charge on any atom is 0.245 e. The van der Waals surface area contributed by atoms with Gasteiger partial charge in [0.15, 0.2) is 0 Å². The van der Waals surface area contributed by atoms with Crippen molar-refractivity contribution in [3.63, 3.8) is 0 Å². The number of carbonyl (C=O) groups excluding carboxylic acids is 2. The molecule has 1 aromatic carbocycles. The summed E-state index contributed by atoms with van der Waals surface area (Å²) in [7, 11) is 1.82. The van der Waals surface area contributed by atoms with E-state index in [9.17, 15) is 9.59 Å². The molecule has 1 atom stereocenters. The number of H-pyrrole nitrogens is 1. The Kier molecular flexibility index (Phi) is 11.2. The van der Waals surface area contributed by atoms with Gasteiger partial charge in [-0.05, 0) is 86.4 Å². The van der Waals surface area contributed by atoms with Gasteiger partial charge in [0, 0.05) is 41.9 Å². The van der Waals surface area contributed by atoms with E-state index >= 15 is 0 Å². The van der Waals surface area contributed by atoms with Gasteiger partial charge in [0.1, 0.15) is 6.04 Å². The largest absolute Gasteiger partial charge is 0.380 e. The third kappa shape index (κ3) is 7.92. The number of aromatic amines is 1. The number of hydrogen-bond donors (Lipinski definition) is 2. The molecular weight excluding hydrogens is 504 g/mol. The van der Waals surface area contributed by atoms with Crippen LogP contribution in [-0.2, 0) is 28.9 Å². The number of amides is 2. The van der Waals surface area contributed by atoms with Crippen molar-refractivity contribution in [1.82, 2.24) is 20.1 Å². The van der Waals surface area contributed by atoms with Crippen LogP contribution in [0.4, 0.5) is 0 Å². The summed E-state index contributed by atoms with van der Waals surface area (Å²) in [5.41, 5.74) is 4.89. The summed E-state index contributed by atoms with van der Waals surface area (Å²) in [5, 5.41) is 3.95. The van der Waals surface area contributed by atoms with Crippen molar-refractivity contribution in [2.24, 2.45) is 0 Å². The Balaban J connectivity index is 1.53. The second-order valence-electron chi connectivity index (χ2n) is 9.30. The molecule has 8 heteroatoms. The fourth-order valence-corrected chi connectivity index (χ4v) is 5.45. The molecule has 2 N–H and O–H groups in total. The summed E-state index contributed by atoms with van der Waals surface area (Å²) in [6.07, 6.45) is 16.4. The highest BCUT2D eigenvalue weighted by Gasteiger charge is 2.29. The van der Waals surface area contributed by atoms with E-state index in [1.165, 1.54) is 16.8 Å². The molecule has 37 heavy (non-hydrogen) atoms. The lowest BCUT2D eigenvalue weighted by Gasteiger charge is -2.33. The highest BCUT2D eigenvalue weighted by Crippen LogP contribution is 2.25. The van der Waals surface area contributed by atoms with Gasteiger partial charge in [0.2, 0.25) is 11.8 Å². The molecule has 0 bridgehead atoms. The SMILES string of the molecule is C/C=C\Cc1c(CCN(C)C(=O)CN2CCCC(N/C=C/c3ccc(Cl)cc3SC)C2=O)c[nH]c1CC. The molecule has 2 aromatic rings. The molecular formula is C29H39ClN4O2S. The summed E-state index contributed by atoms with van der Waals surface area (Å²) in [6.45, 7) is 5.53. The van der Waals surface area contributed by atoms with Crippen molar-refractivity contribution in [2.45, 2.75) is 56.9 Å². The van der Waals surface area contributed by atoms with Gasteiger partial charge >= 0.3 is 0 Å². The van der Waals surface area contributed by atoms with Crippen LogP contribution in [-0.4, -0.2) is 65.6 Å². The third-order valence-corrected chi connectivity index (χ3v) is 7.87. The van der Waals surface area contributed by atoms with Crippen LogP contribution in [0.25, 0.3) is 6.08 Å². The third-order valence-electron chi connectivity index (χ3n) is 6.84. The smallest absolute Gasteiger partial charge is 0.245 e. The molecule has 200 valence electrons. The first-order valence-electron chi connectivity index (χ1n) is 13.0. The molecule has 0 aliphatic carbocycles. The number of nitrogens with one attached hydrogen (secondary N) is 2. The van der Waals surface area contributed by atoms with Crippen molar-refractivity contribution in [3.05, 3.63) is 70.2 Å². The lowest BCUT2D eigenvalue weighted by Crippen LogP contribution is -2.52. The minimum absolute atomic E-state index is 0.0225. The van der Waals surface area contributed by atoms with E-state index in [0.29, 0.717) is 18.1 Å². The predicted molar refractivity (Wildman–Crippen MR) is 155 cm³/mol. The van der Waals surface area contributed by atoms with E-state index in [1.807, 2.05) is 50.7 Å². The number of benzene rings is 1. The van der Waals surface area contributed by atoms with Gasteiger partial charge in [-0.2, -0.15) is 0 Å². The molecule has 0 saturated carbocycles. The van der Waals surface area contributed by atoms with Crippen LogP contribution in [0.3, 0.4) is 0 Å². The molecule has 1 saturated heterocycles. The van der Waals surface area contributed by atoms with Crippen LogP contribution in [0.5, 0.6) is 0 Å². The van der Waals surface area contributed by atoms with E-state index < -0.39 is 0 Å². The van der Waals surface area contributed by atoms with E-state index in [1.54, 1.807) is 21.6 Å². The minimum atomic E-state index is -0.324. The lowest BCUT2D eigenvalue weighted by molar-refractivity contribution is -0.142. The molecule has 1 unspecified atom stereocenters. The fourth-order valence-electron chi connectivity index (χ4n) is 4.60. The molecule has 2 heterocycles. The highest BCUT2D eigenvalue weighted by molar-refractivity contribution is 7.98. The number of carbonyl (C=O) groups is 2. The van der Waals surface area contributed by atoms with Crippen molar-refractivity contribution in [1.29, 1.82) is 0 Å². The van der Waals surface area contributed by atoms with Gasteiger partial charge in [-0.1, -0.05) is 36.7 Å². The van der Waals surface area contributed by atoms with E-state index in [2.05, 4.69) is 35.6 Å². The van der Waals surface area contributed by atoms with E-state index in [0.717, 1.165) is 42.6 Å². The lowest BCUT2D eigenvalue weighted by atomic mass is 10.0. The van der Waals surface area contributed by atoms with Crippen LogP contribution < -0.4 is 5.32 Å². The first-order chi connectivity index (χ1) is 17.9. The highest BCUT2D eigenvalue weighted by atomic mass is 35.5. The van der Waals surface area contributed by atoms with Gasteiger partial charge in [-0.25, -0.2) is 0 Å². The summed E-state index contributed by atoms with van der Waals surface area (Å²) >= 11 is 7.72. The number of aryl methyl sites for hydroxylation is 1. The monoisotopic (exact) mass is 542 g/mol. The fraction of sp³-hybridized carbons (Fsp3) is 0.448. The first-order valence-corrected chi connectivity index (χ1v) is 14.6. The summed E-state index contributed by atoms with van der Waals surface area (Å²) in [4.78, 5) is 33.9. The summed E-state index contributed by atoms with van der Waals surface area (Å²) in [5.74, 6) is -0.0534. The average molecular weight is 543 g/mol. The van der Waals surface area contributed by atoms with Gasteiger partial charge in [0.05, 0.1) is 6.54 Å². The maximum atomic E-state index is 13.1. The standard InChI is InChI=1S/C29H39ClN4O2S/c1-5-7-9-24-22(19-32-25(24)6-2)14-17-33(3)28(35)20-34-16-8-10-26(29(34)36)31-15-13-21-11-12-23(30)18-27(21)37-4/h5,7,11-13,15,18-19,26,31-32H,6,8-10,14,16-17,20H2,1-4H3/b7-5-,15-13+. The van der Waals surface area contributed by atoms with Crippen LogP contribution in [0.2, 0.25) is 5.02 Å². The van der Waals surface area contributed by atoms with Crippen molar-refractivity contribution < 1.29 is 9.59 Å². The molecule has 3 rings (SSSR count). The Morgan fingerprint density at radius 2 is 2.19 bits per heavy atom. The molecule has 0 radical (unpaired) electrons. The molecule has 1 aromatic heterocycles. The Labute approximate surface area is 230 Å². The molecule has 2 amide bonds. The number of nitrogens with zero attached hydrogens (tertiary/aromatic N) is 2. The van der Waals surface area contributed by atoms with Gasteiger partial charge < -0.3 is 20.1 Å². The second kappa shape index (κ2) is 14.3. The summed E-state index contributed by atoms with van der Waals surface area (Å²) < 4.78 is 0. The molecule has 0 spiro atoms. The van der Waals surface area contributed by atoms with Gasteiger partial charge in [-0.3, -0.25) is 9.59 Å². The number of thioether (sulfide) groups is 1. The van der Waals surface area contributed by atoms with E-state index in [4.69, 9.17) is 11.6 Å². The van der Waals surface area contributed by atoms with E-state index in [-0.39, 0.29) is 24.4 Å². The predicted octanol–water partition coefficient (Wildman–Crippen LogP) is 5.32. The Morgan fingerprint density at radius 3 is 2.92 bits per heavy atom. The first kappa shape index (κ1) is 28.9. The molecule has 1 aliphatic heterocycles. The normalized spacial score (nSPS) is 16.2. The number of hydrogen-bond acceptors (Lipinski definition) is 4. The number of likely N-dealkylation sites (N-methyl/N-ethyl adjacent to an activating group) is 1. The zero-order chi connectivity index (χ0) is 26.8. The minimum Gasteiger partial charge on any atom is -0.380 e. The number of halogens is 1. The molecule has 1 aliphatic rings. The van der Waals surface area contributed by atoms with Crippen molar-refractivity contribution in [3.8, 4) is 0 Å². The maximum absolute atomic E-state index is 13.1. The Morgan fingerprint density at radius 1 is 1.38 bits per heavy atom. The number of aromatic nitrogens is 1. The number of rotatable bonds is 12. The zero-order valence-corrected chi connectivity index (χ0v) is 23.9. The average Bonchev–Trinajstić information content (AvgIpc) is 3.30. The Hall–Kier alpha value is -2.64. The second-order valence-corrected chi connectivity index (χ2v) is 10.6. The van der Waals surface area contributed by atoms with Crippen LogP contribution in [0, 0.1) is 0 Å². The topological polar surface area (TPSA) is 68.4 Å². The summed E-state index contributed by atoms with van der Waals surface area (Å²) in [6, 6.07) is 5.44. The molecule has 6 nitrogen and oxygen atoms in total. The van der Waals surface area contributed by atoms with Crippen LogP contribution in [0.1, 0.15) is 49.1 Å². The van der Waals surface area contributed by atoms with Gasteiger partial charge in [0.25, 0.3) is 0 Å². The van der Waals surface area contributed by atoms with Crippen LogP contribution >= 0.6 is 23.4 Å². The number of allylic oxidation sites excluding steroid dienone is 2. The van der Waals surface area contributed by atoms with Crippen molar-refractivity contribution >= 4 is 41.3 Å². The quantitative estimate of drug-likeness (QED) is 0.281. The number of likely N-dealkylation sites (tertiary alicyclic amines) is 1. The van der Waals surface area contributed by atoms with Gasteiger partial charge in [-0.15, -0.1) is 11.8 Å².